The average Bonchev–Trinajstić information content (AvgIpc) is 2.33. The van der Waals surface area contributed by atoms with Crippen LogP contribution in [0.3, 0.4) is 0 Å². The van der Waals surface area contributed by atoms with E-state index < -0.39 is 0 Å². The van der Waals surface area contributed by atoms with Gasteiger partial charge in [0.1, 0.15) is 12.4 Å². The summed E-state index contributed by atoms with van der Waals surface area (Å²) >= 11 is 0. The number of ether oxygens (including phenoxy) is 1. The number of aromatic hydroxyl groups is 1. The second-order valence-corrected chi connectivity index (χ2v) is 4.03. The highest BCUT2D eigenvalue weighted by Gasteiger charge is 2.26. The molecule has 1 aliphatic rings. The molecular weight excluding hydrogens is 220 g/mol. The maximum absolute atomic E-state index is 11.7. The van der Waals surface area contributed by atoms with Crippen LogP contribution in [0.2, 0.25) is 0 Å². The van der Waals surface area contributed by atoms with Gasteiger partial charge in [-0.25, -0.2) is 0 Å². The summed E-state index contributed by atoms with van der Waals surface area (Å²) in [5, 5.41) is 9.21. The summed E-state index contributed by atoms with van der Waals surface area (Å²) in [7, 11) is 0. The van der Waals surface area contributed by atoms with Crippen molar-refractivity contribution in [3.63, 3.8) is 0 Å². The largest absolute Gasteiger partial charge is 0.508 e. The normalized spacial score (nSPS) is 20.6. The van der Waals surface area contributed by atoms with Crippen molar-refractivity contribution in [2.45, 2.75) is 12.5 Å². The summed E-state index contributed by atoms with van der Waals surface area (Å²) < 4.78 is 5.39. The van der Waals surface area contributed by atoms with Crippen LogP contribution in [0, 0.1) is 0 Å². The van der Waals surface area contributed by atoms with Crippen molar-refractivity contribution in [2.75, 3.05) is 24.6 Å². The fourth-order valence-electron chi connectivity index (χ4n) is 1.87. The fourth-order valence-corrected chi connectivity index (χ4v) is 1.87. The van der Waals surface area contributed by atoms with Gasteiger partial charge in [-0.15, -0.1) is 0 Å². The van der Waals surface area contributed by atoms with Gasteiger partial charge in [0.15, 0.2) is 0 Å². The fraction of sp³-hybridized carbons (Fsp3) is 0.417. The Labute approximate surface area is 99.8 Å². The third kappa shape index (κ3) is 2.75. The zero-order chi connectivity index (χ0) is 12.3. The van der Waals surface area contributed by atoms with Crippen LogP contribution >= 0.6 is 0 Å². The van der Waals surface area contributed by atoms with E-state index in [4.69, 9.17) is 10.5 Å². The maximum Gasteiger partial charge on any atom is 0.253 e. The van der Waals surface area contributed by atoms with Crippen molar-refractivity contribution >= 4 is 11.6 Å². The van der Waals surface area contributed by atoms with Crippen LogP contribution < -0.4 is 10.6 Å². The molecule has 1 unspecified atom stereocenters. The van der Waals surface area contributed by atoms with Gasteiger partial charge in [-0.1, -0.05) is 0 Å². The van der Waals surface area contributed by atoms with E-state index in [1.165, 1.54) is 0 Å². The van der Waals surface area contributed by atoms with Gasteiger partial charge >= 0.3 is 0 Å². The number of amides is 1. The van der Waals surface area contributed by atoms with Crippen molar-refractivity contribution in [1.29, 1.82) is 0 Å². The number of carbonyl (C=O) groups is 1. The zero-order valence-corrected chi connectivity index (χ0v) is 9.50. The van der Waals surface area contributed by atoms with Crippen LogP contribution in [0.1, 0.15) is 6.42 Å². The van der Waals surface area contributed by atoms with Gasteiger partial charge in [0.05, 0.1) is 12.6 Å². The van der Waals surface area contributed by atoms with Crippen molar-refractivity contribution in [3.05, 3.63) is 24.3 Å². The Morgan fingerprint density at radius 2 is 2.12 bits per heavy atom. The molecule has 1 saturated heterocycles. The van der Waals surface area contributed by atoms with Crippen molar-refractivity contribution in [3.8, 4) is 5.75 Å². The molecule has 5 heteroatoms. The van der Waals surface area contributed by atoms with E-state index >= 15 is 0 Å². The first-order chi connectivity index (χ1) is 8.20. The Morgan fingerprint density at radius 1 is 1.41 bits per heavy atom. The molecule has 5 nitrogen and oxygen atoms in total. The lowest BCUT2D eigenvalue weighted by Crippen LogP contribution is -2.47. The predicted molar refractivity (Wildman–Crippen MR) is 63.9 cm³/mol. The number of nitrogens with two attached hydrogens (primary N) is 1. The van der Waals surface area contributed by atoms with Crippen LogP contribution in [0.15, 0.2) is 24.3 Å². The van der Waals surface area contributed by atoms with Gasteiger partial charge in [0.2, 0.25) is 0 Å². The Kier molecular flexibility index (Phi) is 3.61. The van der Waals surface area contributed by atoms with E-state index in [1.807, 2.05) is 0 Å². The van der Waals surface area contributed by atoms with Gasteiger partial charge in [-0.2, -0.15) is 0 Å². The van der Waals surface area contributed by atoms with E-state index in [0.717, 1.165) is 12.1 Å². The minimum absolute atomic E-state index is 0.00787. The first-order valence-electron chi connectivity index (χ1n) is 5.62. The Hall–Kier alpha value is -1.59. The molecule has 0 aromatic heterocycles. The molecule has 1 fully saturated rings. The Bertz CT molecular complexity index is 391. The lowest BCUT2D eigenvalue weighted by molar-refractivity contribution is -0.129. The smallest absolute Gasteiger partial charge is 0.253 e. The first kappa shape index (κ1) is 11.9. The number of benzene rings is 1. The monoisotopic (exact) mass is 236 g/mol. The number of phenols is 1. The van der Waals surface area contributed by atoms with E-state index in [-0.39, 0.29) is 24.4 Å². The molecule has 92 valence electrons. The number of hydrogen-bond acceptors (Lipinski definition) is 4. The van der Waals surface area contributed by atoms with E-state index in [0.29, 0.717) is 13.1 Å². The molecule has 0 bridgehead atoms. The molecule has 0 spiro atoms. The molecule has 0 saturated carbocycles. The second-order valence-electron chi connectivity index (χ2n) is 4.03. The lowest BCUT2D eigenvalue weighted by Gasteiger charge is -2.32. The van der Waals surface area contributed by atoms with Crippen LogP contribution in [-0.4, -0.2) is 36.8 Å². The van der Waals surface area contributed by atoms with E-state index in [9.17, 15) is 9.90 Å². The Morgan fingerprint density at radius 3 is 2.76 bits per heavy atom. The topological polar surface area (TPSA) is 75.8 Å². The third-order valence-corrected chi connectivity index (χ3v) is 2.78. The summed E-state index contributed by atoms with van der Waals surface area (Å²) in [6, 6.07) is 6.57. The van der Waals surface area contributed by atoms with Crippen LogP contribution in [0.25, 0.3) is 0 Å². The number of hydrogen-bond donors (Lipinski definition) is 2. The number of phenolic OH excluding ortho intramolecular Hbond substituents is 1. The molecule has 17 heavy (non-hydrogen) atoms. The third-order valence-electron chi connectivity index (χ3n) is 2.78. The van der Waals surface area contributed by atoms with Crippen molar-refractivity contribution in [1.82, 2.24) is 0 Å². The number of carbonyl (C=O) groups excluding carboxylic acids is 1. The SMILES string of the molecule is NCCC1CN(c2ccc(O)cc2)C(=O)CO1. The number of morpholine rings is 1. The summed E-state index contributed by atoms with van der Waals surface area (Å²) in [5.74, 6) is 0.122. The van der Waals surface area contributed by atoms with Crippen LogP contribution in [-0.2, 0) is 9.53 Å². The molecule has 1 aromatic rings. The molecule has 2 rings (SSSR count). The van der Waals surface area contributed by atoms with Crippen molar-refractivity contribution < 1.29 is 14.6 Å². The van der Waals surface area contributed by atoms with Gasteiger partial charge < -0.3 is 20.5 Å². The summed E-state index contributed by atoms with van der Waals surface area (Å²) in [6.07, 6.45) is 0.730. The molecule has 0 aliphatic carbocycles. The first-order valence-corrected chi connectivity index (χ1v) is 5.62. The van der Waals surface area contributed by atoms with E-state index in [1.54, 1.807) is 29.2 Å². The highest BCUT2D eigenvalue weighted by Crippen LogP contribution is 2.21. The summed E-state index contributed by atoms with van der Waals surface area (Å²) in [4.78, 5) is 13.4. The molecule has 1 aromatic carbocycles. The molecule has 0 radical (unpaired) electrons. The molecule has 1 atom stereocenters. The molecule has 1 amide bonds. The zero-order valence-electron chi connectivity index (χ0n) is 9.50. The highest BCUT2D eigenvalue weighted by atomic mass is 16.5. The predicted octanol–water partition coefficient (Wildman–Crippen LogP) is 0.473. The van der Waals surface area contributed by atoms with Crippen molar-refractivity contribution in [2.24, 2.45) is 5.73 Å². The van der Waals surface area contributed by atoms with E-state index in [2.05, 4.69) is 0 Å². The summed E-state index contributed by atoms with van der Waals surface area (Å²) in [6.45, 7) is 1.15. The second kappa shape index (κ2) is 5.16. The molecular formula is C12H16N2O3. The average molecular weight is 236 g/mol. The van der Waals surface area contributed by atoms with Gasteiger partial charge in [0.25, 0.3) is 5.91 Å². The highest BCUT2D eigenvalue weighted by molar-refractivity contribution is 5.95. The number of nitrogens with zero attached hydrogens (tertiary/aromatic N) is 1. The minimum atomic E-state index is -0.0658. The minimum Gasteiger partial charge on any atom is -0.508 e. The lowest BCUT2D eigenvalue weighted by atomic mass is 10.2. The molecule has 1 heterocycles. The molecule has 1 aliphatic heterocycles. The quantitative estimate of drug-likeness (QED) is 0.800. The summed E-state index contributed by atoms with van der Waals surface area (Å²) in [5.41, 5.74) is 6.26. The van der Waals surface area contributed by atoms with Gasteiger partial charge in [-0.3, -0.25) is 4.79 Å². The maximum atomic E-state index is 11.7. The van der Waals surface area contributed by atoms with Crippen LogP contribution in [0.5, 0.6) is 5.75 Å². The number of rotatable bonds is 3. The standard InChI is InChI=1S/C12H16N2O3/c13-6-5-11-7-14(12(16)8-17-11)9-1-3-10(15)4-2-9/h1-4,11,15H,5-8,13H2. The van der Waals surface area contributed by atoms with Gasteiger partial charge in [-0.05, 0) is 37.2 Å². The van der Waals surface area contributed by atoms with Gasteiger partial charge in [0, 0.05) is 5.69 Å². The number of anilines is 1. The van der Waals surface area contributed by atoms with Crippen LogP contribution in [0.4, 0.5) is 5.69 Å². The molecule has 3 N–H and O–H groups in total. The Balaban J connectivity index is 2.12.